The average Bonchev–Trinajstić information content (AvgIpc) is 2.82. The van der Waals surface area contributed by atoms with Gasteiger partial charge in [0.1, 0.15) is 0 Å². The molecule has 1 fully saturated rings. The van der Waals surface area contributed by atoms with E-state index in [-0.39, 0.29) is 5.69 Å². The molecule has 0 aliphatic heterocycles. The molecule has 1 saturated carbocycles. The second-order valence-electron chi connectivity index (χ2n) is 4.35. The Hall–Kier alpha value is -1.91. The predicted molar refractivity (Wildman–Crippen MR) is 56.5 cm³/mol. The molecule has 2 heterocycles. The van der Waals surface area contributed by atoms with E-state index in [1.807, 2.05) is 6.20 Å². The van der Waals surface area contributed by atoms with Gasteiger partial charge in [-0.15, -0.1) is 0 Å². The van der Waals surface area contributed by atoms with Crippen molar-refractivity contribution in [2.45, 2.75) is 19.3 Å². The summed E-state index contributed by atoms with van der Waals surface area (Å²) in [6.45, 7) is 2.20. The fraction of sp³-hybridized carbons (Fsp3) is 0.364. The third-order valence-corrected chi connectivity index (χ3v) is 3.09. The highest BCUT2D eigenvalue weighted by Crippen LogP contribution is 2.46. The number of carboxylic acids is 1. The van der Waals surface area contributed by atoms with Crippen LogP contribution in [0.2, 0.25) is 0 Å². The minimum atomic E-state index is -1.02. The van der Waals surface area contributed by atoms with Crippen molar-refractivity contribution in [1.82, 2.24) is 14.4 Å². The van der Waals surface area contributed by atoms with Crippen LogP contribution in [0.5, 0.6) is 0 Å². The summed E-state index contributed by atoms with van der Waals surface area (Å²) in [5, 5.41) is 8.82. The second kappa shape index (κ2) is 3.04. The molecule has 0 spiro atoms. The molecule has 2 unspecified atom stereocenters. The fourth-order valence-electron chi connectivity index (χ4n) is 1.98. The zero-order valence-electron chi connectivity index (χ0n) is 8.79. The molecule has 2 aromatic heterocycles. The summed E-state index contributed by atoms with van der Waals surface area (Å²) in [6.07, 6.45) is 6.41. The molecule has 82 valence electrons. The van der Waals surface area contributed by atoms with E-state index in [9.17, 15) is 4.79 Å². The van der Waals surface area contributed by atoms with E-state index in [4.69, 9.17) is 5.11 Å². The number of imidazole rings is 1. The summed E-state index contributed by atoms with van der Waals surface area (Å²) in [5.41, 5.74) is 1.20. The summed E-state index contributed by atoms with van der Waals surface area (Å²) >= 11 is 0. The number of carboxylic acid groups (broad SMARTS) is 1. The Labute approximate surface area is 91.8 Å². The van der Waals surface area contributed by atoms with Gasteiger partial charge in [-0.05, 0) is 23.8 Å². The number of nitrogens with zero attached hydrogens (tertiary/aromatic N) is 3. The normalized spacial score (nSPS) is 23.6. The minimum Gasteiger partial charge on any atom is -0.476 e. The quantitative estimate of drug-likeness (QED) is 0.828. The summed E-state index contributed by atoms with van der Waals surface area (Å²) in [6, 6.07) is 0. The summed E-state index contributed by atoms with van der Waals surface area (Å²) in [4.78, 5) is 18.8. The van der Waals surface area contributed by atoms with E-state index in [0.29, 0.717) is 17.6 Å². The third kappa shape index (κ3) is 1.36. The lowest BCUT2D eigenvalue weighted by atomic mass is 10.2. The standard InChI is InChI=1S/C11H11N3O2/c1-6-2-8(6)7-3-12-11-13-9(10(15)16)5-14(11)4-7/h3-6,8H,2H2,1H3,(H,15,16). The van der Waals surface area contributed by atoms with Gasteiger partial charge in [-0.2, -0.15) is 0 Å². The van der Waals surface area contributed by atoms with Gasteiger partial charge < -0.3 is 5.11 Å². The lowest BCUT2D eigenvalue weighted by Crippen LogP contribution is -1.94. The number of hydrogen-bond donors (Lipinski definition) is 1. The lowest BCUT2D eigenvalue weighted by Gasteiger charge is -1.98. The predicted octanol–water partition coefficient (Wildman–Crippen LogP) is 1.55. The number of aromatic nitrogens is 3. The third-order valence-electron chi connectivity index (χ3n) is 3.09. The molecule has 0 bridgehead atoms. The van der Waals surface area contributed by atoms with Crippen molar-refractivity contribution in [1.29, 1.82) is 0 Å². The van der Waals surface area contributed by atoms with Crippen LogP contribution in [-0.4, -0.2) is 25.4 Å². The molecule has 5 heteroatoms. The molecular formula is C11H11N3O2. The monoisotopic (exact) mass is 217 g/mol. The zero-order chi connectivity index (χ0) is 11.3. The Morgan fingerprint density at radius 1 is 1.56 bits per heavy atom. The Kier molecular flexibility index (Phi) is 1.77. The minimum absolute atomic E-state index is 0.0356. The molecule has 1 N–H and O–H groups in total. The van der Waals surface area contributed by atoms with Gasteiger partial charge in [0.15, 0.2) is 5.69 Å². The van der Waals surface area contributed by atoms with Gasteiger partial charge in [0.05, 0.1) is 0 Å². The van der Waals surface area contributed by atoms with Crippen LogP contribution in [0.1, 0.15) is 35.3 Å². The number of carbonyl (C=O) groups is 1. The molecule has 0 radical (unpaired) electrons. The first-order valence-corrected chi connectivity index (χ1v) is 5.23. The van der Waals surface area contributed by atoms with Crippen molar-refractivity contribution in [2.75, 3.05) is 0 Å². The highest BCUT2D eigenvalue weighted by molar-refractivity contribution is 5.85. The Bertz CT molecular complexity index is 576. The van der Waals surface area contributed by atoms with Crippen molar-refractivity contribution < 1.29 is 9.90 Å². The number of fused-ring (bicyclic) bond motifs is 1. The molecule has 0 aromatic carbocycles. The Morgan fingerprint density at radius 3 is 2.94 bits per heavy atom. The maximum atomic E-state index is 10.8. The molecule has 1 aliphatic carbocycles. The molecule has 0 amide bonds. The smallest absolute Gasteiger partial charge is 0.356 e. The Balaban J connectivity index is 2.07. The van der Waals surface area contributed by atoms with Gasteiger partial charge >= 0.3 is 5.97 Å². The average molecular weight is 217 g/mol. The van der Waals surface area contributed by atoms with E-state index in [1.54, 1.807) is 10.6 Å². The van der Waals surface area contributed by atoms with Crippen LogP contribution in [0.25, 0.3) is 5.78 Å². The topological polar surface area (TPSA) is 67.5 Å². The van der Waals surface area contributed by atoms with E-state index < -0.39 is 5.97 Å². The van der Waals surface area contributed by atoms with Gasteiger partial charge in [-0.3, -0.25) is 4.40 Å². The van der Waals surface area contributed by atoms with Gasteiger partial charge in [0, 0.05) is 18.6 Å². The largest absolute Gasteiger partial charge is 0.476 e. The number of rotatable bonds is 2. The van der Waals surface area contributed by atoms with Crippen LogP contribution in [0.15, 0.2) is 18.6 Å². The maximum Gasteiger partial charge on any atom is 0.356 e. The van der Waals surface area contributed by atoms with Crippen molar-refractivity contribution in [3.63, 3.8) is 0 Å². The van der Waals surface area contributed by atoms with Gasteiger partial charge in [-0.25, -0.2) is 14.8 Å². The van der Waals surface area contributed by atoms with Gasteiger partial charge in [-0.1, -0.05) is 6.92 Å². The molecular weight excluding hydrogens is 206 g/mol. The van der Waals surface area contributed by atoms with Gasteiger partial charge in [0.2, 0.25) is 5.78 Å². The zero-order valence-corrected chi connectivity index (χ0v) is 8.79. The number of hydrogen-bond acceptors (Lipinski definition) is 3. The van der Waals surface area contributed by atoms with Crippen LogP contribution < -0.4 is 0 Å². The van der Waals surface area contributed by atoms with E-state index >= 15 is 0 Å². The molecule has 2 atom stereocenters. The molecule has 3 rings (SSSR count). The van der Waals surface area contributed by atoms with Crippen LogP contribution >= 0.6 is 0 Å². The van der Waals surface area contributed by atoms with Crippen LogP contribution in [-0.2, 0) is 0 Å². The molecule has 5 nitrogen and oxygen atoms in total. The van der Waals surface area contributed by atoms with Crippen molar-refractivity contribution >= 4 is 11.7 Å². The molecule has 0 saturated heterocycles. The van der Waals surface area contributed by atoms with Crippen molar-refractivity contribution in [2.24, 2.45) is 5.92 Å². The van der Waals surface area contributed by atoms with E-state index in [2.05, 4.69) is 16.9 Å². The van der Waals surface area contributed by atoms with Crippen LogP contribution in [0, 0.1) is 5.92 Å². The van der Waals surface area contributed by atoms with Crippen molar-refractivity contribution in [3.05, 3.63) is 29.8 Å². The lowest BCUT2D eigenvalue weighted by molar-refractivity contribution is 0.0691. The van der Waals surface area contributed by atoms with Crippen LogP contribution in [0.4, 0.5) is 0 Å². The summed E-state index contributed by atoms with van der Waals surface area (Å²) in [5.74, 6) is 0.704. The number of aromatic carboxylic acids is 1. The molecule has 16 heavy (non-hydrogen) atoms. The summed E-state index contributed by atoms with van der Waals surface area (Å²) < 4.78 is 1.68. The highest BCUT2D eigenvalue weighted by atomic mass is 16.4. The summed E-state index contributed by atoms with van der Waals surface area (Å²) in [7, 11) is 0. The second-order valence-corrected chi connectivity index (χ2v) is 4.35. The van der Waals surface area contributed by atoms with E-state index in [1.165, 1.54) is 12.6 Å². The van der Waals surface area contributed by atoms with E-state index in [0.717, 1.165) is 5.56 Å². The first kappa shape index (κ1) is 9.33. The SMILES string of the molecule is CC1CC1c1cnc2nc(C(=O)O)cn2c1. The molecule has 2 aromatic rings. The Morgan fingerprint density at radius 2 is 2.31 bits per heavy atom. The van der Waals surface area contributed by atoms with Crippen molar-refractivity contribution in [3.8, 4) is 0 Å². The van der Waals surface area contributed by atoms with Crippen LogP contribution in [0.3, 0.4) is 0 Å². The first-order chi connectivity index (χ1) is 7.65. The highest BCUT2D eigenvalue weighted by Gasteiger charge is 2.34. The fourth-order valence-corrected chi connectivity index (χ4v) is 1.98. The molecule has 1 aliphatic rings. The van der Waals surface area contributed by atoms with Gasteiger partial charge in [0.25, 0.3) is 0 Å². The maximum absolute atomic E-state index is 10.8. The first-order valence-electron chi connectivity index (χ1n) is 5.23.